The molecular weight excluding hydrogens is 207 g/mol. The summed E-state index contributed by atoms with van der Waals surface area (Å²) in [4.78, 5) is 8.11. The number of aryl methyl sites for hydroxylation is 1. The van der Waals surface area contributed by atoms with E-state index in [2.05, 4.69) is 9.97 Å². The van der Waals surface area contributed by atoms with Crippen LogP contribution in [0.3, 0.4) is 0 Å². The minimum atomic E-state index is -0.329. The van der Waals surface area contributed by atoms with Crippen molar-refractivity contribution in [2.24, 2.45) is 0 Å². The molecule has 1 aromatic carbocycles. The zero-order valence-corrected chi connectivity index (χ0v) is 8.81. The lowest BCUT2D eigenvalue weighted by atomic mass is 10.1. The van der Waals surface area contributed by atoms with Crippen LogP contribution in [0.2, 0.25) is 0 Å². The van der Waals surface area contributed by atoms with Crippen LogP contribution in [-0.4, -0.2) is 15.1 Å². The van der Waals surface area contributed by atoms with Gasteiger partial charge in [0.05, 0.1) is 5.69 Å². The Labute approximate surface area is 92.6 Å². The SMILES string of the molecule is Cc1cc(-c2ccccc2F)nc(CO)n1. The number of hydrogen-bond donors (Lipinski definition) is 1. The van der Waals surface area contributed by atoms with Gasteiger partial charge in [0, 0.05) is 11.3 Å². The molecule has 3 nitrogen and oxygen atoms in total. The molecule has 0 atom stereocenters. The van der Waals surface area contributed by atoms with E-state index in [9.17, 15) is 4.39 Å². The summed E-state index contributed by atoms with van der Waals surface area (Å²) < 4.78 is 13.5. The number of aromatic nitrogens is 2. The molecule has 0 saturated carbocycles. The van der Waals surface area contributed by atoms with Crippen LogP contribution >= 0.6 is 0 Å². The average Bonchev–Trinajstić information content (AvgIpc) is 2.28. The lowest BCUT2D eigenvalue weighted by molar-refractivity contribution is 0.271. The van der Waals surface area contributed by atoms with Crippen molar-refractivity contribution < 1.29 is 9.50 Å². The normalized spacial score (nSPS) is 10.4. The standard InChI is InChI=1S/C12H11FN2O/c1-8-6-11(15-12(7-16)14-8)9-4-2-3-5-10(9)13/h2-6,16H,7H2,1H3. The van der Waals surface area contributed by atoms with E-state index in [1.165, 1.54) is 6.07 Å². The van der Waals surface area contributed by atoms with Crippen LogP contribution in [0, 0.1) is 12.7 Å². The number of aliphatic hydroxyl groups excluding tert-OH is 1. The fraction of sp³-hybridized carbons (Fsp3) is 0.167. The Bertz CT molecular complexity index is 514. The number of benzene rings is 1. The van der Waals surface area contributed by atoms with Crippen molar-refractivity contribution in [2.75, 3.05) is 0 Å². The van der Waals surface area contributed by atoms with E-state index >= 15 is 0 Å². The summed E-state index contributed by atoms with van der Waals surface area (Å²) in [6.45, 7) is 1.54. The van der Waals surface area contributed by atoms with E-state index in [1.807, 2.05) is 0 Å². The first-order valence-corrected chi connectivity index (χ1v) is 4.91. The van der Waals surface area contributed by atoms with E-state index in [1.54, 1.807) is 31.2 Å². The van der Waals surface area contributed by atoms with Gasteiger partial charge in [-0.2, -0.15) is 0 Å². The smallest absolute Gasteiger partial charge is 0.154 e. The Kier molecular flexibility index (Phi) is 2.92. The van der Waals surface area contributed by atoms with Crippen LogP contribution < -0.4 is 0 Å². The molecule has 4 heteroatoms. The molecule has 0 radical (unpaired) electrons. The number of halogens is 1. The number of aliphatic hydroxyl groups is 1. The highest BCUT2D eigenvalue weighted by molar-refractivity contribution is 5.59. The molecule has 1 N–H and O–H groups in total. The van der Waals surface area contributed by atoms with Gasteiger partial charge in [-0.3, -0.25) is 0 Å². The van der Waals surface area contributed by atoms with Crippen molar-refractivity contribution >= 4 is 0 Å². The fourth-order valence-corrected chi connectivity index (χ4v) is 1.51. The molecule has 0 aliphatic heterocycles. The second kappa shape index (κ2) is 4.37. The van der Waals surface area contributed by atoms with Gasteiger partial charge in [0.2, 0.25) is 0 Å². The first kappa shape index (κ1) is 10.7. The molecule has 0 bridgehead atoms. The molecule has 0 saturated heterocycles. The Hall–Kier alpha value is -1.81. The molecule has 0 spiro atoms. The molecular formula is C12H11FN2O. The van der Waals surface area contributed by atoms with Gasteiger partial charge in [0.1, 0.15) is 12.4 Å². The zero-order chi connectivity index (χ0) is 11.5. The van der Waals surface area contributed by atoms with Crippen LogP contribution in [0.5, 0.6) is 0 Å². The van der Waals surface area contributed by atoms with Crippen molar-refractivity contribution in [2.45, 2.75) is 13.5 Å². The Morgan fingerprint density at radius 3 is 2.69 bits per heavy atom. The summed E-state index contributed by atoms with van der Waals surface area (Å²) >= 11 is 0. The van der Waals surface area contributed by atoms with Gasteiger partial charge in [-0.05, 0) is 25.1 Å². The van der Waals surface area contributed by atoms with Gasteiger partial charge in [0.15, 0.2) is 5.82 Å². The average molecular weight is 218 g/mol. The highest BCUT2D eigenvalue weighted by Crippen LogP contribution is 2.20. The molecule has 82 valence electrons. The molecule has 16 heavy (non-hydrogen) atoms. The Morgan fingerprint density at radius 2 is 2.00 bits per heavy atom. The fourth-order valence-electron chi connectivity index (χ4n) is 1.51. The summed E-state index contributed by atoms with van der Waals surface area (Å²) in [7, 11) is 0. The van der Waals surface area contributed by atoms with Crippen LogP contribution in [0.25, 0.3) is 11.3 Å². The van der Waals surface area contributed by atoms with Crippen LogP contribution in [-0.2, 0) is 6.61 Å². The maximum absolute atomic E-state index is 13.5. The topological polar surface area (TPSA) is 46.0 Å². The molecule has 0 unspecified atom stereocenters. The maximum Gasteiger partial charge on any atom is 0.154 e. The largest absolute Gasteiger partial charge is 0.388 e. The molecule has 0 aliphatic carbocycles. The lowest BCUT2D eigenvalue weighted by Crippen LogP contribution is -1.99. The van der Waals surface area contributed by atoms with Gasteiger partial charge >= 0.3 is 0 Å². The van der Waals surface area contributed by atoms with Gasteiger partial charge in [-0.15, -0.1) is 0 Å². The summed E-state index contributed by atoms with van der Waals surface area (Å²) in [5.74, 6) is -0.0252. The van der Waals surface area contributed by atoms with E-state index < -0.39 is 0 Å². The van der Waals surface area contributed by atoms with Gasteiger partial charge < -0.3 is 5.11 Å². The Morgan fingerprint density at radius 1 is 1.25 bits per heavy atom. The lowest BCUT2D eigenvalue weighted by Gasteiger charge is -2.05. The third-order valence-electron chi connectivity index (χ3n) is 2.19. The second-order valence-electron chi connectivity index (χ2n) is 3.45. The Balaban J connectivity index is 2.56. The third kappa shape index (κ3) is 2.06. The summed E-state index contributed by atoms with van der Waals surface area (Å²) in [6, 6.07) is 8.09. The molecule has 0 fully saturated rings. The highest BCUT2D eigenvalue weighted by Gasteiger charge is 2.07. The number of hydrogen-bond acceptors (Lipinski definition) is 3. The first-order valence-electron chi connectivity index (χ1n) is 4.91. The number of nitrogens with zero attached hydrogens (tertiary/aromatic N) is 2. The zero-order valence-electron chi connectivity index (χ0n) is 8.81. The van der Waals surface area contributed by atoms with E-state index in [0.29, 0.717) is 22.8 Å². The molecule has 1 aromatic heterocycles. The third-order valence-corrected chi connectivity index (χ3v) is 2.19. The van der Waals surface area contributed by atoms with Crippen molar-refractivity contribution in [1.29, 1.82) is 0 Å². The van der Waals surface area contributed by atoms with E-state index in [4.69, 9.17) is 5.11 Å². The molecule has 1 heterocycles. The predicted octanol–water partition coefficient (Wildman–Crippen LogP) is 2.08. The maximum atomic E-state index is 13.5. The molecule has 0 amide bonds. The van der Waals surface area contributed by atoms with Crippen LogP contribution in [0.1, 0.15) is 11.5 Å². The van der Waals surface area contributed by atoms with Crippen LogP contribution in [0.4, 0.5) is 4.39 Å². The quantitative estimate of drug-likeness (QED) is 0.839. The molecule has 0 aliphatic rings. The van der Waals surface area contributed by atoms with E-state index in [0.717, 1.165) is 0 Å². The minimum Gasteiger partial charge on any atom is -0.388 e. The van der Waals surface area contributed by atoms with Crippen LogP contribution in [0.15, 0.2) is 30.3 Å². The minimum absolute atomic E-state index is 0.247. The summed E-state index contributed by atoms with van der Waals surface area (Å²) in [5.41, 5.74) is 1.62. The van der Waals surface area contributed by atoms with Crippen molar-refractivity contribution in [1.82, 2.24) is 9.97 Å². The van der Waals surface area contributed by atoms with Crippen molar-refractivity contribution in [3.8, 4) is 11.3 Å². The molecule has 2 rings (SSSR count). The molecule has 2 aromatic rings. The van der Waals surface area contributed by atoms with Gasteiger partial charge in [-0.1, -0.05) is 12.1 Å². The predicted molar refractivity (Wildman–Crippen MR) is 58.1 cm³/mol. The highest BCUT2D eigenvalue weighted by atomic mass is 19.1. The van der Waals surface area contributed by atoms with Crippen molar-refractivity contribution in [3.63, 3.8) is 0 Å². The van der Waals surface area contributed by atoms with E-state index in [-0.39, 0.29) is 12.4 Å². The summed E-state index contributed by atoms with van der Waals surface area (Å²) in [5, 5.41) is 8.98. The first-order chi connectivity index (χ1) is 7.70. The van der Waals surface area contributed by atoms with Gasteiger partial charge in [-0.25, -0.2) is 14.4 Å². The second-order valence-corrected chi connectivity index (χ2v) is 3.45. The summed E-state index contributed by atoms with van der Waals surface area (Å²) in [6.07, 6.45) is 0. The van der Waals surface area contributed by atoms with Gasteiger partial charge in [0.25, 0.3) is 0 Å². The monoisotopic (exact) mass is 218 g/mol. The number of rotatable bonds is 2. The van der Waals surface area contributed by atoms with Crippen molar-refractivity contribution in [3.05, 3.63) is 47.7 Å².